The Morgan fingerprint density at radius 3 is 2.62 bits per heavy atom. The highest BCUT2D eigenvalue weighted by molar-refractivity contribution is 5.92. The molecule has 4 nitrogen and oxygen atoms in total. The molecular formula is C17H27N3O. The zero-order valence-electron chi connectivity index (χ0n) is 13.5. The van der Waals surface area contributed by atoms with Gasteiger partial charge in [0.2, 0.25) is 5.91 Å². The fourth-order valence-corrected chi connectivity index (χ4v) is 2.95. The predicted octanol–water partition coefficient (Wildman–Crippen LogP) is 2.43. The van der Waals surface area contributed by atoms with Crippen LogP contribution in [-0.4, -0.2) is 42.5 Å². The Morgan fingerprint density at radius 2 is 2.00 bits per heavy atom. The van der Waals surface area contributed by atoms with Gasteiger partial charge < -0.3 is 10.6 Å². The highest BCUT2D eigenvalue weighted by atomic mass is 16.2. The minimum absolute atomic E-state index is 0.0669. The summed E-state index contributed by atoms with van der Waals surface area (Å²) in [7, 11) is 0. The number of rotatable bonds is 4. The number of carbonyl (C=O) groups excluding carboxylic acids is 1. The number of hydrogen-bond acceptors (Lipinski definition) is 3. The van der Waals surface area contributed by atoms with Gasteiger partial charge in [0.1, 0.15) is 0 Å². The second kappa shape index (κ2) is 7.05. The third-order valence-electron chi connectivity index (χ3n) is 3.84. The third kappa shape index (κ3) is 4.83. The first-order valence-corrected chi connectivity index (χ1v) is 7.82. The average Bonchev–Trinajstić information content (AvgIpc) is 2.37. The smallest absolute Gasteiger partial charge is 0.238 e. The average molecular weight is 289 g/mol. The molecule has 1 aliphatic rings. The van der Waals surface area contributed by atoms with E-state index in [1.807, 2.05) is 12.1 Å². The molecule has 1 heterocycles. The molecule has 2 N–H and O–H groups in total. The standard InChI is InChI=1S/C17H27N3O/c1-12(2)15-6-5-7-16(8-15)19-17(21)11-20-9-13(3)18-14(4)10-20/h5-8,12-14,18H,9-11H2,1-4H3,(H,19,21). The summed E-state index contributed by atoms with van der Waals surface area (Å²) in [6.07, 6.45) is 0. The highest BCUT2D eigenvalue weighted by Crippen LogP contribution is 2.18. The van der Waals surface area contributed by atoms with E-state index in [9.17, 15) is 4.79 Å². The minimum atomic E-state index is 0.0669. The fourth-order valence-electron chi connectivity index (χ4n) is 2.95. The van der Waals surface area contributed by atoms with Crippen LogP contribution >= 0.6 is 0 Å². The van der Waals surface area contributed by atoms with Crippen LogP contribution in [0.5, 0.6) is 0 Å². The van der Waals surface area contributed by atoms with Gasteiger partial charge in [0.05, 0.1) is 6.54 Å². The van der Waals surface area contributed by atoms with Crippen molar-refractivity contribution in [2.24, 2.45) is 0 Å². The fraction of sp³-hybridized carbons (Fsp3) is 0.588. The second-order valence-corrected chi connectivity index (χ2v) is 6.49. The number of nitrogens with zero attached hydrogens (tertiary/aromatic N) is 1. The molecule has 0 bridgehead atoms. The second-order valence-electron chi connectivity index (χ2n) is 6.49. The Morgan fingerprint density at radius 1 is 1.33 bits per heavy atom. The van der Waals surface area contributed by atoms with Crippen molar-refractivity contribution in [3.8, 4) is 0 Å². The molecule has 1 saturated heterocycles. The van der Waals surface area contributed by atoms with Crippen molar-refractivity contribution in [1.29, 1.82) is 0 Å². The lowest BCUT2D eigenvalue weighted by Gasteiger charge is -2.35. The van der Waals surface area contributed by atoms with Crippen molar-refractivity contribution in [1.82, 2.24) is 10.2 Å². The molecule has 0 aliphatic carbocycles. The Kier molecular flexibility index (Phi) is 5.37. The molecule has 4 heteroatoms. The van der Waals surface area contributed by atoms with Crippen LogP contribution in [0, 0.1) is 0 Å². The van der Waals surface area contributed by atoms with Crippen LogP contribution in [0.3, 0.4) is 0 Å². The van der Waals surface area contributed by atoms with Gasteiger partial charge in [-0.1, -0.05) is 26.0 Å². The lowest BCUT2D eigenvalue weighted by atomic mass is 10.0. The number of carbonyl (C=O) groups is 1. The van der Waals surface area contributed by atoms with Crippen LogP contribution in [0.15, 0.2) is 24.3 Å². The zero-order valence-corrected chi connectivity index (χ0v) is 13.5. The van der Waals surface area contributed by atoms with E-state index in [1.165, 1.54) is 5.56 Å². The Balaban J connectivity index is 1.91. The van der Waals surface area contributed by atoms with E-state index in [0.29, 0.717) is 24.5 Å². The van der Waals surface area contributed by atoms with Crippen molar-refractivity contribution < 1.29 is 4.79 Å². The Hall–Kier alpha value is -1.39. The summed E-state index contributed by atoms with van der Waals surface area (Å²) >= 11 is 0. The predicted molar refractivity (Wildman–Crippen MR) is 87.7 cm³/mol. The van der Waals surface area contributed by atoms with Crippen LogP contribution in [0.25, 0.3) is 0 Å². The number of benzene rings is 1. The molecule has 2 rings (SSSR count). The van der Waals surface area contributed by atoms with Crippen LogP contribution in [0.2, 0.25) is 0 Å². The van der Waals surface area contributed by atoms with Crippen molar-refractivity contribution >= 4 is 11.6 Å². The minimum Gasteiger partial charge on any atom is -0.325 e. The summed E-state index contributed by atoms with van der Waals surface area (Å²) in [5.41, 5.74) is 2.14. The first kappa shape index (κ1) is 16.0. The van der Waals surface area contributed by atoms with Crippen molar-refractivity contribution in [2.75, 3.05) is 25.0 Å². The molecule has 0 radical (unpaired) electrons. The van der Waals surface area contributed by atoms with E-state index >= 15 is 0 Å². The molecule has 0 aromatic heterocycles. The molecule has 0 spiro atoms. The molecule has 0 saturated carbocycles. The molecule has 1 aliphatic heterocycles. The van der Waals surface area contributed by atoms with E-state index in [1.54, 1.807) is 0 Å². The van der Waals surface area contributed by atoms with Crippen LogP contribution in [0.4, 0.5) is 5.69 Å². The van der Waals surface area contributed by atoms with Crippen LogP contribution < -0.4 is 10.6 Å². The molecule has 2 atom stereocenters. The van der Waals surface area contributed by atoms with E-state index in [2.05, 4.69) is 55.4 Å². The van der Waals surface area contributed by atoms with E-state index in [0.717, 1.165) is 18.8 Å². The summed E-state index contributed by atoms with van der Waals surface area (Å²) in [5, 5.41) is 6.49. The van der Waals surface area contributed by atoms with Gasteiger partial charge in [0, 0.05) is 30.9 Å². The van der Waals surface area contributed by atoms with Gasteiger partial charge in [0.15, 0.2) is 0 Å². The van der Waals surface area contributed by atoms with Gasteiger partial charge in [0.25, 0.3) is 0 Å². The molecule has 1 amide bonds. The molecule has 1 aromatic rings. The largest absolute Gasteiger partial charge is 0.325 e. The third-order valence-corrected chi connectivity index (χ3v) is 3.84. The van der Waals surface area contributed by atoms with Gasteiger partial charge in [-0.25, -0.2) is 0 Å². The van der Waals surface area contributed by atoms with Gasteiger partial charge >= 0.3 is 0 Å². The zero-order chi connectivity index (χ0) is 15.4. The quantitative estimate of drug-likeness (QED) is 0.895. The van der Waals surface area contributed by atoms with Gasteiger partial charge in [-0.05, 0) is 37.5 Å². The number of nitrogens with one attached hydrogen (secondary N) is 2. The summed E-state index contributed by atoms with van der Waals surface area (Å²) in [5.74, 6) is 0.536. The lowest BCUT2D eigenvalue weighted by Crippen LogP contribution is -2.55. The number of hydrogen-bond donors (Lipinski definition) is 2. The van der Waals surface area contributed by atoms with Crippen molar-refractivity contribution in [3.63, 3.8) is 0 Å². The first-order valence-electron chi connectivity index (χ1n) is 7.82. The van der Waals surface area contributed by atoms with Crippen molar-refractivity contribution in [3.05, 3.63) is 29.8 Å². The van der Waals surface area contributed by atoms with E-state index in [4.69, 9.17) is 0 Å². The number of anilines is 1. The highest BCUT2D eigenvalue weighted by Gasteiger charge is 2.22. The summed E-state index contributed by atoms with van der Waals surface area (Å²) in [6, 6.07) is 8.98. The maximum Gasteiger partial charge on any atom is 0.238 e. The summed E-state index contributed by atoms with van der Waals surface area (Å²) in [6.45, 7) is 10.9. The first-order chi connectivity index (χ1) is 9.94. The number of piperazine rings is 1. The van der Waals surface area contributed by atoms with Crippen LogP contribution in [0.1, 0.15) is 39.2 Å². The van der Waals surface area contributed by atoms with Crippen molar-refractivity contribution in [2.45, 2.75) is 45.7 Å². The molecule has 1 fully saturated rings. The molecule has 116 valence electrons. The molecule has 1 aromatic carbocycles. The Labute approximate surface area is 127 Å². The lowest BCUT2D eigenvalue weighted by molar-refractivity contribution is -0.117. The summed E-state index contributed by atoms with van der Waals surface area (Å²) in [4.78, 5) is 14.4. The molecule has 21 heavy (non-hydrogen) atoms. The topological polar surface area (TPSA) is 44.4 Å². The normalized spacial score (nSPS) is 23.3. The van der Waals surface area contributed by atoms with Gasteiger partial charge in [-0.3, -0.25) is 9.69 Å². The SMILES string of the molecule is CC1CN(CC(=O)Nc2cccc(C(C)C)c2)CC(C)N1. The Bertz CT molecular complexity index is 477. The van der Waals surface area contributed by atoms with E-state index < -0.39 is 0 Å². The number of amides is 1. The molecular weight excluding hydrogens is 262 g/mol. The monoisotopic (exact) mass is 289 g/mol. The van der Waals surface area contributed by atoms with Crippen LogP contribution in [-0.2, 0) is 4.79 Å². The molecule has 2 unspecified atom stereocenters. The maximum atomic E-state index is 12.2. The van der Waals surface area contributed by atoms with Gasteiger partial charge in [-0.15, -0.1) is 0 Å². The van der Waals surface area contributed by atoms with E-state index in [-0.39, 0.29) is 5.91 Å². The summed E-state index contributed by atoms with van der Waals surface area (Å²) < 4.78 is 0. The maximum absolute atomic E-state index is 12.2. The van der Waals surface area contributed by atoms with Gasteiger partial charge in [-0.2, -0.15) is 0 Å².